The molecule has 2 unspecified atom stereocenters. The first-order valence-corrected chi connectivity index (χ1v) is 12.5. The van der Waals surface area contributed by atoms with Gasteiger partial charge in [0.2, 0.25) is 0 Å². The van der Waals surface area contributed by atoms with Gasteiger partial charge in [-0.15, -0.1) is 0 Å². The summed E-state index contributed by atoms with van der Waals surface area (Å²) in [6.45, 7) is 6.49. The molecule has 36 heavy (non-hydrogen) atoms. The number of halogens is 1. The predicted molar refractivity (Wildman–Crippen MR) is 135 cm³/mol. The van der Waals surface area contributed by atoms with Gasteiger partial charge in [0.15, 0.2) is 0 Å². The van der Waals surface area contributed by atoms with Gasteiger partial charge < -0.3 is 15.0 Å². The molecule has 1 fully saturated rings. The molecule has 0 saturated carbocycles. The summed E-state index contributed by atoms with van der Waals surface area (Å²) in [5.74, 6) is 0.287. The quantitative estimate of drug-likeness (QED) is 0.561. The van der Waals surface area contributed by atoms with Crippen LogP contribution in [0.1, 0.15) is 42.3 Å². The lowest BCUT2D eigenvalue weighted by atomic mass is 9.96. The number of aromatic nitrogens is 3. The number of carbonyl (C=O) groups excluding carboxylic acids is 1. The number of nitrogens with one attached hydrogen (secondary N) is 2. The Labute approximate surface area is 210 Å². The van der Waals surface area contributed by atoms with Crippen LogP contribution in [0.2, 0.25) is 0 Å². The average molecular weight is 493 g/mol. The number of hydrogen-bond acceptors (Lipinski definition) is 5. The molecule has 2 aromatic heterocycles. The van der Waals surface area contributed by atoms with Crippen molar-refractivity contribution in [3.8, 4) is 17.0 Å². The summed E-state index contributed by atoms with van der Waals surface area (Å²) in [5.41, 5.74) is 5.51. The number of benzene rings is 1. The van der Waals surface area contributed by atoms with E-state index in [0.717, 1.165) is 54.0 Å². The number of methoxy groups -OCH3 is 1. The molecule has 0 bridgehead atoms. The van der Waals surface area contributed by atoms with Crippen molar-refractivity contribution in [3.05, 3.63) is 64.9 Å². The molecule has 4 heterocycles. The van der Waals surface area contributed by atoms with E-state index in [9.17, 15) is 9.18 Å². The molecule has 3 aromatic rings. The highest BCUT2D eigenvalue weighted by molar-refractivity contribution is 5.76. The van der Waals surface area contributed by atoms with E-state index in [4.69, 9.17) is 4.74 Å². The van der Waals surface area contributed by atoms with Crippen molar-refractivity contribution in [1.29, 1.82) is 0 Å². The Kier molecular flexibility index (Phi) is 6.91. The first-order valence-electron chi connectivity index (χ1n) is 12.5. The van der Waals surface area contributed by atoms with Gasteiger partial charge in [-0.05, 0) is 57.5 Å². The molecular formula is C27H33FN6O2. The maximum atomic E-state index is 14.5. The van der Waals surface area contributed by atoms with Crippen molar-refractivity contribution in [2.75, 3.05) is 20.2 Å². The Morgan fingerprint density at radius 2 is 2.17 bits per heavy atom. The van der Waals surface area contributed by atoms with E-state index < -0.39 is 0 Å². The molecule has 2 aliphatic heterocycles. The first kappa shape index (κ1) is 24.2. The summed E-state index contributed by atoms with van der Waals surface area (Å²) in [6.07, 6.45) is 4.35. The molecule has 190 valence electrons. The van der Waals surface area contributed by atoms with Gasteiger partial charge in [0.25, 0.3) is 0 Å². The fraction of sp³-hybridized carbons (Fsp3) is 0.444. The number of ether oxygens (including phenoxy) is 1. The van der Waals surface area contributed by atoms with E-state index >= 15 is 0 Å². The van der Waals surface area contributed by atoms with Crippen LogP contribution in [0.5, 0.6) is 5.75 Å². The normalized spacial score (nSPS) is 20.2. The van der Waals surface area contributed by atoms with Crippen molar-refractivity contribution in [3.63, 3.8) is 0 Å². The summed E-state index contributed by atoms with van der Waals surface area (Å²) in [6, 6.07) is 8.85. The number of aromatic amines is 1. The minimum absolute atomic E-state index is 0.0166. The number of fused-ring (bicyclic) bond motifs is 1. The number of urea groups is 1. The minimum Gasteiger partial charge on any atom is -0.496 e. The van der Waals surface area contributed by atoms with Crippen LogP contribution >= 0.6 is 0 Å². The zero-order chi connectivity index (χ0) is 25.2. The topological polar surface area (TPSA) is 86.4 Å². The smallest absolute Gasteiger partial charge is 0.317 e. The largest absolute Gasteiger partial charge is 0.496 e. The molecule has 2 N–H and O–H groups in total. The fourth-order valence-electron chi connectivity index (χ4n) is 5.37. The van der Waals surface area contributed by atoms with Crippen LogP contribution in [-0.2, 0) is 19.5 Å². The van der Waals surface area contributed by atoms with Gasteiger partial charge in [-0.25, -0.2) is 9.18 Å². The van der Waals surface area contributed by atoms with Crippen LogP contribution in [-0.4, -0.2) is 63.3 Å². The summed E-state index contributed by atoms with van der Waals surface area (Å²) in [5, 5.41) is 11.0. The van der Waals surface area contributed by atoms with Crippen LogP contribution in [0.15, 0.2) is 36.5 Å². The number of likely N-dealkylation sites (tertiary alicyclic amines) is 1. The van der Waals surface area contributed by atoms with Crippen LogP contribution in [0.4, 0.5) is 9.18 Å². The highest BCUT2D eigenvalue weighted by atomic mass is 19.1. The second-order valence-electron chi connectivity index (χ2n) is 9.72. The number of rotatable bonds is 5. The lowest BCUT2D eigenvalue weighted by Gasteiger charge is -2.41. The number of aryl methyl sites for hydroxylation is 1. The first-order chi connectivity index (χ1) is 17.4. The molecule has 2 atom stereocenters. The molecule has 1 aromatic carbocycles. The van der Waals surface area contributed by atoms with Crippen molar-refractivity contribution in [2.24, 2.45) is 0 Å². The van der Waals surface area contributed by atoms with E-state index in [1.165, 1.54) is 6.07 Å². The highest BCUT2D eigenvalue weighted by Crippen LogP contribution is 2.30. The van der Waals surface area contributed by atoms with Gasteiger partial charge in [0.05, 0.1) is 19.3 Å². The summed E-state index contributed by atoms with van der Waals surface area (Å²) in [4.78, 5) is 21.7. The average Bonchev–Trinajstić information content (AvgIpc) is 3.31. The van der Waals surface area contributed by atoms with Gasteiger partial charge in [-0.2, -0.15) is 5.10 Å². The van der Waals surface area contributed by atoms with E-state index in [2.05, 4.69) is 32.3 Å². The number of hydrogen-bond donors (Lipinski definition) is 2. The lowest BCUT2D eigenvalue weighted by molar-refractivity contribution is 0.110. The molecule has 0 aliphatic carbocycles. The SMILES string of the molecule is COc1cccc(F)c1CN1CCCC(NC(=O)N2CCc3[nH]nc(-c4ccnc(C)c4)c3C2)C1C. The molecule has 9 heteroatoms. The zero-order valence-corrected chi connectivity index (χ0v) is 21.1. The Hall–Kier alpha value is -3.46. The van der Waals surface area contributed by atoms with Crippen molar-refractivity contribution < 1.29 is 13.9 Å². The number of nitrogens with zero attached hydrogens (tertiary/aromatic N) is 4. The number of pyridine rings is 1. The third-order valence-electron chi connectivity index (χ3n) is 7.48. The molecule has 2 amide bonds. The number of amides is 2. The Bertz CT molecular complexity index is 1240. The number of H-pyrrole nitrogens is 1. The zero-order valence-electron chi connectivity index (χ0n) is 21.1. The number of carbonyl (C=O) groups is 1. The molecular weight excluding hydrogens is 459 g/mol. The third kappa shape index (κ3) is 4.80. The van der Waals surface area contributed by atoms with Crippen molar-refractivity contribution in [1.82, 2.24) is 30.3 Å². The van der Waals surface area contributed by atoms with E-state index in [1.807, 2.05) is 24.0 Å². The lowest BCUT2D eigenvalue weighted by Crippen LogP contribution is -2.56. The fourth-order valence-corrected chi connectivity index (χ4v) is 5.37. The van der Waals surface area contributed by atoms with Crippen LogP contribution in [0.25, 0.3) is 11.3 Å². The molecule has 8 nitrogen and oxygen atoms in total. The molecule has 1 saturated heterocycles. The minimum atomic E-state index is -0.267. The Morgan fingerprint density at radius 3 is 2.97 bits per heavy atom. The van der Waals surface area contributed by atoms with Gasteiger partial charge in [0.1, 0.15) is 11.6 Å². The number of piperidine rings is 1. The van der Waals surface area contributed by atoms with E-state index in [-0.39, 0.29) is 23.9 Å². The van der Waals surface area contributed by atoms with Gasteiger partial charge in [0, 0.05) is 65.9 Å². The molecule has 0 radical (unpaired) electrons. The van der Waals surface area contributed by atoms with Crippen LogP contribution in [0, 0.1) is 12.7 Å². The standard InChI is InChI=1S/C27H33FN6O2/c1-17-14-19(9-11-29-17)26-21-16-34(13-10-24(21)31-32-26)27(35)30-23-7-5-12-33(18(23)2)15-20-22(28)6-4-8-25(20)36-3/h4,6,8-9,11,14,18,23H,5,7,10,12-13,15-16H2,1-3H3,(H,30,35)(H,31,32). The monoisotopic (exact) mass is 492 g/mol. The summed E-state index contributed by atoms with van der Waals surface area (Å²) in [7, 11) is 1.56. The van der Waals surface area contributed by atoms with Gasteiger partial charge in [-0.3, -0.25) is 15.0 Å². The second-order valence-corrected chi connectivity index (χ2v) is 9.72. The predicted octanol–water partition coefficient (Wildman–Crippen LogP) is 4.05. The van der Waals surface area contributed by atoms with E-state index in [1.54, 1.807) is 25.4 Å². The van der Waals surface area contributed by atoms with Crippen molar-refractivity contribution in [2.45, 2.75) is 58.3 Å². The molecule has 2 aliphatic rings. The van der Waals surface area contributed by atoms with Crippen LogP contribution in [0.3, 0.4) is 0 Å². The second kappa shape index (κ2) is 10.3. The maximum absolute atomic E-state index is 14.5. The van der Waals surface area contributed by atoms with Gasteiger partial charge >= 0.3 is 6.03 Å². The van der Waals surface area contributed by atoms with Crippen LogP contribution < -0.4 is 10.1 Å². The highest BCUT2D eigenvalue weighted by Gasteiger charge is 2.33. The summed E-state index contributed by atoms with van der Waals surface area (Å²) >= 11 is 0. The summed E-state index contributed by atoms with van der Waals surface area (Å²) < 4.78 is 19.9. The Morgan fingerprint density at radius 1 is 1.31 bits per heavy atom. The Balaban J connectivity index is 1.26. The molecule has 0 spiro atoms. The van der Waals surface area contributed by atoms with Crippen molar-refractivity contribution >= 4 is 6.03 Å². The maximum Gasteiger partial charge on any atom is 0.317 e. The van der Waals surface area contributed by atoms with Gasteiger partial charge in [-0.1, -0.05) is 6.07 Å². The molecule has 5 rings (SSSR count). The third-order valence-corrected chi connectivity index (χ3v) is 7.48. The van der Waals surface area contributed by atoms with E-state index in [0.29, 0.717) is 30.9 Å².